The Morgan fingerprint density at radius 2 is 2.17 bits per heavy atom. The van der Waals surface area contributed by atoms with E-state index in [0.29, 0.717) is 6.04 Å². The molecule has 72 valence electrons. The van der Waals surface area contributed by atoms with Crippen molar-refractivity contribution in [2.75, 3.05) is 26.2 Å². The molecule has 0 atom stereocenters. The zero-order chi connectivity index (χ0) is 8.97. The average molecular weight is 171 g/mol. The monoisotopic (exact) mass is 171 g/mol. The molecule has 12 heavy (non-hydrogen) atoms. The van der Waals surface area contributed by atoms with E-state index in [9.17, 15) is 0 Å². The van der Waals surface area contributed by atoms with Crippen molar-refractivity contribution < 1.29 is 0 Å². The van der Waals surface area contributed by atoms with Gasteiger partial charge >= 0.3 is 0 Å². The normalized spacial score (nSPS) is 20.0. The molecule has 3 nitrogen and oxygen atoms in total. The van der Waals surface area contributed by atoms with E-state index in [1.165, 1.54) is 13.1 Å². The van der Waals surface area contributed by atoms with Gasteiger partial charge in [-0.25, -0.2) is 0 Å². The van der Waals surface area contributed by atoms with Crippen molar-refractivity contribution in [1.82, 2.24) is 10.2 Å². The van der Waals surface area contributed by atoms with E-state index >= 15 is 0 Å². The van der Waals surface area contributed by atoms with Crippen molar-refractivity contribution in [2.45, 2.75) is 32.4 Å². The summed E-state index contributed by atoms with van der Waals surface area (Å²) in [7, 11) is 0. The molecule has 1 aliphatic heterocycles. The number of hydrogen-bond donors (Lipinski definition) is 2. The molecule has 0 bridgehead atoms. The zero-order valence-electron chi connectivity index (χ0n) is 8.21. The fraction of sp³-hybridized carbons (Fsp3) is 1.00. The van der Waals surface area contributed by atoms with Crippen LogP contribution in [0.5, 0.6) is 0 Å². The number of rotatable bonds is 5. The lowest BCUT2D eigenvalue weighted by Gasteiger charge is -2.42. The molecule has 0 aromatic heterocycles. The van der Waals surface area contributed by atoms with Gasteiger partial charge in [0.1, 0.15) is 0 Å². The largest absolute Gasteiger partial charge is 0.330 e. The number of nitrogens with two attached hydrogens (primary N) is 1. The number of likely N-dealkylation sites (tertiary alicyclic amines) is 1. The molecule has 0 saturated carbocycles. The third kappa shape index (κ3) is 2.73. The molecule has 0 aromatic carbocycles. The summed E-state index contributed by atoms with van der Waals surface area (Å²) in [5.41, 5.74) is 5.40. The Kier molecular flexibility index (Phi) is 3.98. The van der Waals surface area contributed by atoms with Crippen LogP contribution < -0.4 is 11.1 Å². The second-order valence-corrected chi connectivity index (χ2v) is 3.84. The lowest BCUT2D eigenvalue weighted by molar-refractivity contribution is 0.0923. The first kappa shape index (κ1) is 9.96. The maximum atomic E-state index is 5.40. The van der Waals surface area contributed by atoms with Crippen molar-refractivity contribution in [2.24, 2.45) is 5.73 Å². The minimum absolute atomic E-state index is 0.706. The lowest BCUT2D eigenvalue weighted by atomic mass is 10.1. The number of hydrogen-bond acceptors (Lipinski definition) is 3. The molecule has 1 rings (SSSR count). The van der Waals surface area contributed by atoms with Crippen molar-refractivity contribution in [3.05, 3.63) is 0 Å². The highest BCUT2D eigenvalue weighted by Gasteiger charge is 2.27. The summed E-state index contributed by atoms with van der Waals surface area (Å²) >= 11 is 0. The number of nitrogens with one attached hydrogen (secondary N) is 1. The van der Waals surface area contributed by atoms with Gasteiger partial charge in [-0.05, 0) is 33.4 Å². The van der Waals surface area contributed by atoms with Gasteiger partial charge in [-0.2, -0.15) is 0 Å². The Balaban J connectivity index is 1.95. The second-order valence-electron chi connectivity index (χ2n) is 3.84. The highest BCUT2D eigenvalue weighted by molar-refractivity contribution is 4.87. The van der Waals surface area contributed by atoms with Crippen LogP contribution in [0, 0.1) is 0 Å². The van der Waals surface area contributed by atoms with Crippen LogP contribution >= 0.6 is 0 Å². The standard InChI is InChI=1S/C9H21N3/c1-8(2)12-6-9(7-12)11-5-3-4-10/h8-9,11H,3-7,10H2,1-2H3. The first-order valence-corrected chi connectivity index (χ1v) is 4.91. The smallest absolute Gasteiger partial charge is 0.0322 e. The molecule has 0 aliphatic carbocycles. The minimum Gasteiger partial charge on any atom is -0.330 e. The van der Waals surface area contributed by atoms with Crippen molar-refractivity contribution in [3.63, 3.8) is 0 Å². The summed E-state index contributed by atoms with van der Waals surface area (Å²) in [6.07, 6.45) is 1.10. The Labute approximate surface area is 75.3 Å². The van der Waals surface area contributed by atoms with Gasteiger partial charge in [0.25, 0.3) is 0 Å². The first-order chi connectivity index (χ1) is 5.74. The molecule has 0 amide bonds. The summed E-state index contributed by atoms with van der Waals surface area (Å²) in [6, 6.07) is 1.43. The van der Waals surface area contributed by atoms with Gasteiger partial charge < -0.3 is 11.1 Å². The second kappa shape index (κ2) is 4.80. The maximum absolute atomic E-state index is 5.40. The maximum Gasteiger partial charge on any atom is 0.0322 e. The van der Waals surface area contributed by atoms with Crippen LogP contribution in [0.25, 0.3) is 0 Å². The molecule has 3 N–H and O–H groups in total. The molecule has 0 spiro atoms. The lowest BCUT2D eigenvalue weighted by Crippen LogP contribution is -2.60. The topological polar surface area (TPSA) is 41.3 Å². The average Bonchev–Trinajstić information content (AvgIpc) is 1.93. The van der Waals surface area contributed by atoms with Gasteiger partial charge in [0.2, 0.25) is 0 Å². The highest BCUT2D eigenvalue weighted by Crippen LogP contribution is 2.10. The fourth-order valence-electron chi connectivity index (χ4n) is 1.47. The van der Waals surface area contributed by atoms with Crippen LogP contribution in [0.15, 0.2) is 0 Å². The molecular formula is C9H21N3. The molecule has 0 radical (unpaired) electrons. The summed E-state index contributed by atoms with van der Waals surface area (Å²) < 4.78 is 0. The van der Waals surface area contributed by atoms with E-state index in [1.54, 1.807) is 0 Å². The van der Waals surface area contributed by atoms with Gasteiger partial charge in [0.15, 0.2) is 0 Å². The van der Waals surface area contributed by atoms with E-state index in [1.807, 2.05) is 0 Å². The van der Waals surface area contributed by atoms with E-state index in [0.717, 1.165) is 25.6 Å². The minimum atomic E-state index is 0.706. The Morgan fingerprint density at radius 3 is 2.67 bits per heavy atom. The number of nitrogens with zero attached hydrogens (tertiary/aromatic N) is 1. The molecule has 1 heterocycles. The molecule has 1 aliphatic rings. The molecule has 0 aromatic rings. The molecule has 1 fully saturated rings. The predicted octanol–water partition coefficient (Wildman–Crippen LogP) is 0.0174. The van der Waals surface area contributed by atoms with Crippen LogP contribution in [-0.4, -0.2) is 43.2 Å². The van der Waals surface area contributed by atoms with Gasteiger partial charge in [-0.3, -0.25) is 4.90 Å². The van der Waals surface area contributed by atoms with Crippen LogP contribution in [0.3, 0.4) is 0 Å². The van der Waals surface area contributed by atoms with E-state index < -0.39 is 0 Å². The van der Waals surface area contributed by atoms with Gasteiger partial charge in [-0.15, -0.1) is 0 Å². The van der Waals surface area contributed by atoms with Crippen LogP contribution in [0.2, 0.25) is 0 Å². The Bertz CT molecular complexity index is 119. The molecular weight excluding hydrogens is 150 g/mol. The molecule has 1 saturated heterocycles. The van der Waals surface area contributed by atoms with E-state index in [4.69, 9.17) is 5.73 Å². The summed E-state index contributed by atoms with van der Waals surface area (Å²) in [5, 5.41) is 3.48. The van der Waals surface area contributed by atoms with E-state index in [2.05, 4.69) is 24.1 Å². The third-order valence-corrected chi connectivity index (χ3v) is 2.45. The fourth-order valence-corrected chi connectivity index (χ4v) is 1.47. The quantitative estimate of drug-likeness (QED) is 0.573. The van der Waals surface area contributed by atoms with Crippen molar-refractivity contribution in [1.29, 1.82) is 0 Å². The van der Waals surface area contributed by atoms with Crippen molar-refractivity contribution in [3.8, 4) is 0 Å². The van der Waals surface area contributed by atoms with Gasteiger partial charge in [0, 0.05) is 25.2 Å². The van der Waals surface area contributed by atoms with Crippen LogP contribution in [0.4, 0.5) is 0 Å². The zero-order valence-corrected chi connectivity index (χ0v) is 8.21. The van der Waals surface area contributed by atoms with Crippen LogP contribution in [-0.2, 0) is 0 Å². The molecule has 3 heteroatoms. The van der Waals surface area contributed by atoms with Gasteiger partial charge in [-0.1, -0.05) is 0 Å². The first-order valence-electron chi connectivity index (χ1n) is 4.91. The Hall–Kier alpha value is -0.120. The predicted molar refractivity (Wildman–Crippen MR) is 52.2 cm³/mol. The summed E-state index contributed by atoms with van der Waals surface area (Å²) in [4.78, 5) is 2.47. The summed E-state index contributed by atoms with van der Waals surface area (Å²) in [6.45, 7) is 8.79. The van der Waals surface area contributed by atoms with Crippen molar-refractivity contribution >= 4 is 0 Å². The van der Waals surface area contributed by atoms with Crippen LogP contribution in [0.1, 0.15) is 20.3 Å². The molecule has 0 unspecified atom stereocenters. The SMILES string of the molecule is CC(C)N1CC(NCCCN)C1. The van der Waals surface area contributed by atoms with Gasteiger partial charge in [0.05, 0.1) is 0 Å². The summed E-state index contributed by atoms with van der Waals surface area (Å²) in [5.74, 6) is 0. The Morgan fingerprint density at radius 1 is 1.50 bits per heavy atom. The van der Waals surface area contributed by atoms with E-state index in [-0.39, 0.29) is 0 Å². The highest BCUT2D eigenvalue weighted by atomic mass is 15.3. The third-order valence-electron chi connectivity index (χ3n) is 2.45.